The molecule has 0 saturated heterocycles. The van der Waals surface area contributed by atoms with E-state index in [-0.39, 0.29) is 23.6 Å². The van der Waals surface area contributed by atoms with Gasteiger partial charge in [0.25, 0.3) is 5.56 Å². The summed E-state index contributed by atoms with van der Waals surface area (Å²) in [4.78, 5) is 40.3. The molecule has 1 N–H and O–H groups in total. The van der Waals surface area contributed by atoms with Crippen LogP contribution >= 0.6 is 11.3 Å². The molecule has 3 heterocycles. The van der Waals surface area contributed by atoms with E-state index in [1.165, 1.54) is 11.3 Å². The van der Waals surface area contributed by atoms with Crippen molar-refractivity contribution in [1.29, 1.82) is 0 Å². The number of nitrogens with one attached hydrogen (secondary N) is 1. The number of thiophene rings is 1. The summed E-state index contributed by atoms with van der Waals surface area (Å²) in [5.41, 5.74) is -0.247. The number of hydrogen-bond acceptors (Lipinski definition) is 6. The van der Waals surface area contributed by atoms with Crippen LogP contribution in [0.15, 0.2) is 9.59 Å². The molecule has 0 spiro atoms. The van der Waals surface area contributed by atoms with Gasteiger partial charge in [-0.2, -0.15) is 0 Å². The van der Waals surface area contributed by atoms with Crippen LogP contribution in [0.25, 0.3) is 10.2 Å². The molecular formula is C20H29N3O5S. The first-order valence-electron chi connectivity index (χ1n) is 9.96. The summed E-state index contributed by atoms with van der Waals surface area (Å²) >= 11 is 1.45. The van der Waals surface area contributed by atoms with Gasteiger partial charge in [-0.25, -0.2) is 4.79 Å². The second-order valence-electron chi connectivity index (χ2n) is 7.93. The Kier molecular flexibility index (Phi) is 6.60. The highest BCUT2D eigenvalue weighted by Gasteiger charge is 2.32. The molecule has 3 rings (SSSR count). The lowest BCUT2D eigenvalue weighted by molar-refractivity contribution is -0.121. The Morgan fingerprint density at radius 1 is 1.31 bits per heavy atom. The van der Waals surface area contributed by atoms with Crippen molar-refractivity contribution in [3.05, 3.63) is 31.3 Å². The Bertz CT molecular complexity index is 1020. The molecule has 0 unspecified atom stereocenters. The van der Waals surface area contributed by atoms with Gasteiger partial charge in [-0.05, 0) is 32.3 Å². The first-order valence-corrected chi connectivity index (χ1v) is 10.8. The minimum Gasteiger partial charge on any atom is -0.385 e. The number of methoxy groups -OCH3 is 1. The predicted octanol–water partition coefficient (Wildman–Crippen LogP) is 1.64. The van der Waals surface area contributed by atoms with Crippen LogP contribution in [-0.2, 0) is 40.4 Å². The summed E-state index contributed by atoms with van der Waals surface area (Å²) < 4.78 is 13.6. The predicted molar refractivity (Wildman–Crippen MR) is 113 cm³/mol. The summed E-state index contributed by atoms with van der Waals surface area (Å²) in [6.07, 6.45) is 2.02. The van der Waals surface area contributed by atoms with Gasteiger partial charge in [-0.15, -0.1) is 11.3 Å². The van der Waals surface area contributed by atoms with Crippen LogP contribution in [0, 0.1) is 0 Å². The number of carbonyl (C=O) groups is 1. The molecule has 0 aliphatic carbocycles. The van der Waals surface area contributed by atoms with E-state index < -0.39 is 5.69 Å². The largest absolute Gasteiger partial charge is 0.385 e. The van der Waals surface area contributed by atoms with Crippen molar-refractivity contribution in [1.82, 2.24) is 14.5 Å². The highest BCUT2D eigenvalue weighted by molar-refractivity contribution is 7.18. The SMILES string of the molecule is CCCn1c(=O)n(CC(=O)NCCCOC)c(=O)c2c3c(sc21)COC(C)(C)C3. The van der Waals surface area contributed by atoms with Gasteiger partial charge in [0.05, 0.1) is 17.6 Å². The second kappa shape index (κ2) is 8.81. The quantitative estimate of drug-likeness (QED) is 0.652. The maximum Gasteiger partial charge on any atom is 0.332 e. The molecule has 8 nitrogen and oxygen atoms in total. The second-order valence-corrected chi connectivity index (χ2v) is 9.01. The first-order chi connectivity index (χ1) is 13.8. The van der Waals surface area contributed by atoms with Crippen LogP contribution < -0.4 is 16.6 Å². The van der Waals surface area contributed by atoms with Crippen LogP contribution in [0.5, 0.6) is 0 Å². The monoisotopic (exact) mass is 423 g/mol. The maximum absolute atomic E-state index is 13.3. The molecule has 2 aromatic rings. The van der Waals surface area contributed by atoms with Crippen molar-refractivity contribution in [3.63, 3.8) is 0 Å². The Balaban J connectivity index is 2.05. The molecule has 1 amide bonds. The smallest absolute Gasteiger partial charge is 0.332 e. The Labute approximate surface area is 173 Å². The third kappa shape index (κ3) is 4.46. The van der Waals surface area contributed by atoms with Crippen molar-refractivity contribution in [2.75, 3.05) is 20.3 Å². The van der Waals surface area contributed by atoms with E-state index in [4.69, 9.17) is 9.47 Å². The lowest BCUT2D eigenvalue weighted by atomic mass is 9.94. The molecule has 160 valence electrons. The molecule has 9 heteroatoms. The standard InChI is InChI=1S/C20H29N3O5S/c1-5-8-22-18-16(13-10-20(2,3)28-12-14(13)29-18)17(25)23(19(22)26)11-15(24)21-7-6-9-27-4/h5-12H2,1-4H3,(H,21,24). The van der Waals surface area contributed by atoms with E-state index in [2.05, 4.69) is 5.32 Å². The summed E-state index contributed by atoms with van der Waals surface area (Å²) in [6, 6.07) is 0. The Morgan fingerprint density at radius 2 is 2.07 bits per heavy atom. The zero-order valence-corrected chi connectivity index (χ0v) is 18.3. The van der Waals surface area contributed by atoms with Gasteiger partial charge in [0.15, 0.2) is 0 Å². The number of carbonyl (C=O) groups excluding carboxylic acids is 1. The molecule has 1 aliphatic heterocycles. The Morgan fingerprint density at radius 3 is 2.76 bits per heavy atom. The van der Waals surface area contributed by atoms with Gasteiger partial charge in [0, 0.05) is 38.1 Å². The van der Waals surface area contributed by atoms with E-state index in [1.54, 1.807) is 11.7 Å². The molecule has 0 saturated carbocycles. The third-order valence-electron chi connectivity index (χ3n) is 5.03. The third-order valence-corrected chi connectivity index (χ3v) is 6.26. The van der Waals surface area contributed by atoms with Crippen molar-refractivity contribution < 1.29 is 14.3 Å². The van der Waals surface area contributed by atoms with Crippen molar-refractivity contribution >= 4 is 27.5 Å². The highest BCUT2D eigenvalue weighted by Crippen LogP contribution is 2.37. The lowest BCUT2D eigenvalue weighted by Crippen LogP contribution is -2.44. The summed E-state index contributed by atoms with van der Waals surface area (Å²) in [6.45, 7) is 7.59. The molecule has 0 radical (unpaired) electrons. The van der Waals surface area contributed by atoms with Crippen LogP contribution in [0.4, 0.5) is 0 Å². The topological polar surface area (TPSA) is 91.6 Å². The molecule has 2 aromatic heterocycles. The zero-order valence-electron chi connectivity index (χ0n) is 17.5. The number of aryl methyl sites for hydroxylation is 1. The highest BCUT2D eigenvalue weighted by atomic mass is 32.1. The van der Waals surface area contributed by atoms with Gasteiger partial charge in [-0.3, -0.25) is 18.7 Å². The van der Waals surface area contributed by atoms with Gasteiger partial charge >= 0.3 is 5.69 Å². The number of fused-ring (bicyclic) bond motifs is 3. The summed E-state index contributed by atoms with van der Waals surface area (Å²) in [7, 11) is 1.60. The summed E-state index contributed by atoms with van der Waals surface area (Å²) in [5.74, 6) is -0.351. The zero-order chi connectivity index (χ0) is 21.2. The fourth-order valence-corrected chi connectivity index (χ4v) is 4.85. The van der Waals surface area contributed by atoms with E-state index in [9.17, 15) is 14.4 Å². The minimum absolute atomic E-state index is 0.283. The minimum atomic E-state index is -0.435. The fourth-order valence-electron chi connectivity index (χ4n) is 3.61. The molecule has 0 aromatic carbocycles. The van der Waals surface area contributed by atoms with Crippen LogP contribution in [0.3, 0.4) is 0 Å². The molecule has 0 fully saturated rings. The van der Waals surface area contributed by atoms with Crippen LogP contribution in [0.2, 0.25) is 0 Å². The molecular weight excluding hydrogens is 394 g/mol. The normalized spacial score (nSPS) is 15.4. The first kappa shape index (κ1) is 21.7. The lowest BCUT2D eigenvalue weighted by Gasteiger charge is -2.29. The fraction of sp³-hybridized carbons (Fsp3) is 0.650. The van der Waals surface area contributed by atoms with Gasteiger partial charge in [0.2, 0.25) is 5.91 Å². The number of hydrogen-bond donors (Lipinski definition) is 1. The molecule has 0 bridgehead atoms. The average molecular weight is 424 g/mol. The van der Waals surface area contributed by atoms with E-state index in [1.807, 2.05) is 20.8 Å². The van der Waals surface area contributed by atoms with Crippen molar-refractivity contribution in [3.8, 4) is 0 Å². The maximum atomic E-state index is 13.3. The molecule has 0 atom stereocenters. The van der Waals surface area contributed by atoms with Crippen LogP contribution in [-0.4, -0.2) is 40.9 Å². The van der Waals surface area contributed by atoms with Gasteiger partial charge in [0.1, 0.15) is 11.4 Å². The average Bonchev–Trinajstić information content (AvgIpc) is 3.03. The number of rotatable bonds is 8. The van der Waals surface area contributed by atoms with Gasteiger partial charge in [-0.1, -0.05) is 6.92 Å². The number of ether oxygens (including phenoxy) is 2. The van der Waals surface area contributed by atoms with E-state index in [0.29, 0.717) is 49.4 Å². The number of amides is 1. The van der Waals surface area contributed by atoms with Gasteiger partial charge < -0.3 is 14.8 Å². The van der Waals surface area contributed by atoms with Crippen LogP contribution in [0.1, 0.15) is 44.1 Å². The van der Waals surface area contributed by atoms with E-state index >= 15 is 0 Å². The van der Waals surface area contributed by atoms with Crippen molar-refractivity contribution in [2.24, 2.45) is 0 Å². The molecule has 1 aliphatic rings. The van der Waals surface area contributed by atoms with E-state index in [0.717, 1.165) is 21.4 Å². The number of aromatic nitrogens is 2. The number of nitrogens with zero attached hydrogens (tertiary/aromatic N) is 2. The molecule has 29 heavy (non-hydrogen) atoms. The Hall–Kier alpha value is -1.97. The summed E-state index contributed by atoms with van der Waals surface area (Å²) in [5, 5.41) is 3.30. The van der Waals surface area contributed by atoms with Crippen molar-refractivity contribution in [2.45, 2.75) is 65.3 Å².